The average Bonchev–Trinajstić information content (AvgIpc) is 2.40. The van der Waals surface area contributed by atoms with Crippen molar-refractivity contribution < 1.29 is 8.97 Å². The second-order valence-electron chi connectivity index (χ2n) is 7.17. The van der Waals surface area contributed by atoms with Gasteiger partial charge in [0, 0.05) is 0 Å². The Balaban J connectivity index is 5.30. The summed E-state index contributed by atoms with van der Waals surface area (Å²) in [5.74, 6) is 0. The first-order chi connectivity index (χ1) is 10.1. The van der Waals surface area contributed by atoms with Crippen molar-refractivity contribution in [3.63, 3.8) is 0 Å². The molecule has 2 heteroatoms. The van der Waals surface area contributed by atoms with Crippen LogP contribution in [0, 0.1) is 0 Å². The highest BCUT2D eigenvalue weighted by Gasteiger charge is 2.37. The smallest absolute Gasteiger partial charge is 0.207 e. The topological polar surface area (TPSA) is 0 Å². The second kappa shape index (κ2) is 11.5. The Morgan fingerprint density at radius 2 is 0.571 bits per heavy atom. The van der Waals surface area contributed by atoms with Crippen molar-refractivity contribution in [1.82, 2.24) is 0 Å². The van der Waals surface area contributed by atoms with E-state index in [1.54, 1.807) is 0 Å². The summed E-state index contributed by atoms with van der Waals surface area (Å²) in [4.78, 5) is 0. The van der Waals surface area contributed by atoms with Gasteiger partial charge in [-0.3, -0.25) is 8.97 Å². The van der Waals surface area contributed by atoms with Gasteiger partial charge in [-0.15, -0.1) is 0 Å². The van der Waals surface area contributed by atoms with Gasteiger partial charge in [0.25, 0.3) is 0 Å². The minimum Gasteiger partial charge on any atom is -0.277 e. The van der Waals surface area contributed by atoms with Crippen LogP contribution in [0.2, 0.25) is 0 Å². The number of nitrogens with zero attached hydrogens (tertiary/aromatic N) is 2. The van der Waals surface area contributed by atoms with Crippen molar-refractivity contribution in [1.29, 1.82) is 0 Å². The van der Waals surface area contributed by atoms with Crippen LogP contribution in [0.15, 0.2) is 0 Å². The van der Waals surface area contributed by atoms with Gasteiger partial charge in [-0.2, -0.15) is 0 Å². The van der Waals surface area contributed by atoms with Gasteiger partial charge in [-0.05, 0) is 38.5 Å². The quantitative estimate of drug-likeness (QED) is 0.311. The van der Waals surface area contributed by atoms with Crippen molar-refractivity contribution >= 4 is 0 Å². The van der Waals surface area contributed by atoms with E-state index < -0.39 is 0 Å². The van der Waals surface area contributed by atoms with Gasteiger partial charge in [0.2, 0.25) is 6.67 Å². The van der Waals surface area contributed by atoms with Crippen molar-refractivity contribution in [3.05, 3.63) is 0 Å². The summed E-state index contributed by atoms with van der Waals surface area (Å²) < 4.78 is 2.73. The molecule has 0 saturated carbocycles. The van der Waals surface area contributed by atoms with E-state index >= 15 is 0 Å². The zero-order valence-electron chi connectivity index (χ0n) is 16.1. The summed E-state index contributed by atoms with van der Waals surface area (Å²) >= 11 is 0. The minimum atomic E-state index is 1.32. The summed E-state index contributed by atoms with van der Waals surface area (Å²) in [7, 11) is 0. The predicted octanol–water partition coefficient (Wildman–Crippen LogP) is 5.04. The van der Waals surface area contributed by atoms with Crippen LogP contribution in [0.5, 0.6) is 0 Å². The van der Waals surface area contributed by atoms with Crippen LogP contribution >= 0.6 is 0 Å². The van der Waals surface area contributed by atoms with Crippen LogP contribution in [0.4, 0.5) is 0 Å². The second-order valence-corrected chi connectivity index (χ2v) is 7.17. The molecule has 2 nitrogen and oxygen atoms in total. The predicted molar refractivity (Wildman–Crippen MR) is 96.3 cm³/mol. The molecule has 21 heavy (non-hydrogen) atoms. The van der Waals surface area contributed by atoms with E-state index in [2.05, 4.69) is 41.5 Å². The molecular formula is C19H44N2+2. The molecule has 0 N–H and O–H groups in total. The van der Waals surface area contributed by atoms with Crippen molar-refractivity contribution in [2.75, 3.05) is 45.9 Å². The number of hydrogen-bond donors (Lipinski definition) is 0. The molecule has 0 aliphatic rings. The Bertz CT molecular complexity index is 180. The Kier molecular flexibility index (Phi) is 11.4. The van der Waals surface area contributed by atoms with E-state index in [1.165, 1.54) is 93.4 Å². The van der Waals surface area contributed by atoms with E-state index in [1.807, 2.05) is 0 Å². The van der Waals surface area contributed by atoms with Gasteiger partial charge >= 0.3 is 0 Å². The molecule has 0 aliphatic heterocycles. The zero-order valence-corrected chi connectivity index (χ0v) is 16.1. The summed E-state index contributed by atoms with van der Waals surface area (Å²) in [6.07, 6.45) is 7.94. The first-order valence-corrected chi connectivity index (χ1v) is 9.77. The number of hydrogen-bond acceptors (Lipinski definition) is 0. The normalized spacial score (nSPS) is 12.9. The molecule has 0 radical (unpaired) electrons. The molecule has 0 rings (SSSR count). The third-order valence-corrected chi connectivity index (χ3v) is 4.79. The molecule has 0 unspecified atom stereocenters. The van der Waals surface area contributed by atoms with Crippen molar-refractivity contribution in [2.24, 2.45) is 0 Å². The van der Waals surface area contributed by atoms with Gasteiger partial charge in [0.1, 0.15) is 0 Å². The standard InChI is InChI=1S/C19H44N2/c1-7-13-20(14-8-2,15-9-3)19-21(16-10-4,17-11-5)18-12-6/h7-19H2,1-6H3/q+2. The molecule has 0 fully saturated rings. The molecule has 0 atom stereocenters. The lowest BCUT2D eigenvalue weighted by Gasteiger charge is -2.47. The molecule has 0 spiro atoms. The third-order valence-electron chi connectivity index (χ3n) is 4.79. The van der Waals surface area contributed by atoms with Crippen molar-refractivity contribution in [2.45, 2.75) is 80.1 Å². The number of quaternary nitrogens is 2. The van der Waals surface area contributed by atoms with E-state index in [0.717, 1.165) is 0 Å². The fourth-order valence-electron chi connectivity index (χ4n) is 4.58. The summed E-state index contributed by atoms with van der Waals surface area (Å²) in [6.45, 7) is 23.8. The number of rotatable bonds is 14. The lowest BCUT2D eigenvalue weighted by atomic mass is 10.2. The Morgan fingerprint density at radius 3 is 0.714 bits per heavy atom. The highest BCUT2D eigenvalue weighted by Crippen LogP contribution is 2.21. The maximum Gasteiger partial charge on any atom is 0.207 e. The van der Waals surface area contributed by atoms with Crippen LogP contribution in [0.1, 0.15) is 80.1 Å². The monoisotopic (exact) mass is 300 g/mol. The fourth-order valence-corrected chi connectivity index (χ4v) is 4.58. The Hall–Kier alpha value is -0.0800. The van der Waals surface area contributed by atoms with Crippen molar-refractivity contribution in [3.8, 4) is 0 Å². The lowest BCUT2D eigenvalue weighted by Crippen LogP contribution is -2.64. The van der Waals surface area contributed by atoms with Gasteiger partial charge in [0.05, 0.1) is 39.3 Å². The van der Waals surface area contributed by atoms with Crippen LogP contribution < -0.4 is 0 Å². The molecule has 0 aromatic carbocycles. The fraction of sp³-hybridized carbons (Fsp3) is 1.00. The van der Waals surface area contributed by atoms with Crippen LogP contribution in [-0.4, -0.2) is 54.9 Å². The lowest BCUT2D eigenvalue weighted by molar-refractivity contribution is -1.10. The van der Waals surface area contributed by atoms with E-state index in [-0.39, 0.29) is 0 Å². The molecule has 0 amide bonds. The molecule has 0 aromatic rings. The highest BCUT2D eigenvalue weighted by atomic mass is 15.5. The van der Waals surface area contributed by atoms with Crippen LogP contribution in [-0.2, 0) is 0 Å². The summed E-state index contributed by atoms with van der Waals surface area (Å²) in [5.41, 5.74) is 0. The van der Waals surface area contributed by atoms with Gasteiger partial charge in [0.15, 0.2) is 0 Å². The molecule has 0 saturated heterocycles. The van der Waals surface area contributed by atoms with E-state index in [9.17, 15) is 0 Å². The molecule has 0 heterocycles. The SMILES string of the molecule is CCC[N+](CCC)(CCC)C[N+](CCC)(CCC)CCC. The molecule has 0 bridgehead atoms. The molecule has 128 valence electrons. The highest BCUT2D eigenvalue weighted by molar-refractivity contribution is 4.46. The molecule has 0 aliphatic carbocycles. The zero-order chi connectivity index (χ0) is 16.2. The molecular weight excluding hydrogens is 256 g/mol. The largest absolute Gasteiger partial charge is 0.277 e. The maximum absolute atomic E-state index is 2.37. The first kappa shape index (κ1) is 20.9. The van der Waals surface area contributed by atoms with Crippen LogP contribution in [0.3, 0.4) is 0 Å². The summed E-state index contributed by atoms with van der Waals surface area (Å²) in [5, 5.41) is 0. The van der Waals surface area contributed by atoms with E-state index in [4.69, 9.17) is 0 Å². The van der Waals surface area contributed by atoms with Gasteiger partial charge < -0.3 is 0 Å². The third kappa shape index (κ3) is 7.15. The van der Waals surface area contributed by atoms with Gasteiger partial charge in [-0.25, -0.2) is 0 Å². The Labute approximate surface area is 135 Å². The van der Waals surface area contributed by atoms with Gasteiger partial charge in [-0.1, -0.05) is 41.5 Å². The first-order valence-electron chi connectivity index (χ1n) is 9.77. The minimum absolute atomic E-state index is 1.32. The summed E-state index contributed by atoms with van der Waals surface area (Å²) in [6, 6.07) is 0. The Morgan fingerprint density at radius 1 is 0.381 bits per heavy atom. The molecule has 0 aromatic heterocycles. The maximum atomic E-state index is 2.37. The van der Waals surface area contributed by atoms with Crippen LogP contribution in [0.25, 0.3) is 0 Å². The average molecular weight is 301 g/mol. The van der Waals surface area contributed by atoms with E-state index in [0.29, 0.717) is 0 Å².